The Labute approximate surface area is 108 Å². The van der Waals surface area contributed by atoms with Gasteiger partial charge in [0.2, 0.25) is 0 Å². The van der Waals surface area contributed by atoms with E-state index in [-0.39, 0.29) is 17.6 Å². The van der Waals surface area contributed by atoms with Crippen molar-refractivity contribution >= 4 is 22.0 Å². The minimum absolute atomic E-state index is 0.0195. The van der Waals surface area contributed by atoms with Gasteiger partial charge in [-0.25, -0.2) is 4.79 Å². The van der Waals surface area contributed by atoms with Crippen LogP contribution in [0.1, 0.15) is 41.5 Å². The summed E-state index contributed by atoms with van der Waals surface area (Å²) in [5.41, 5.74) is -0.421. The second kappa shape index (κ2) is 5.39. The SMILES string of the molecule is CC(N(C)C(=O)OC(C)(C)C)C(C)(C)CBr. The van der Waals surface area contributed by atoms with E-state index in [0.29, 0.717) is 0 Å². The summed E-state index contributed by atoms with van der Waals surface area (Å²) < 4.78 is 5.33. The van der Waals surface area contributed by atoms with E-state index in [1.54, 1.807) is 11.9 Å². The van der Waals surface area contributed by atoms with E-state index in [0.717, 1.165) is 5.33 Å². The minimum atomic E-state index is -0.441. The lowest BCUT2D eigenvalue weighted by molar-refractivity contribution is 0.0134. The van der Waals surface area contributed by atoms with Crippen molar-refractivity contribution in [1.82, 2.24) is 4.90 Å². The maximum Gasteiger partial charge on any atom is 0.410 e. The molecule has 96 valence electrons. The van der Waals surface area contributed by atoms with Crippen LogP contribution < -0.4 is 0 Å². The van der Waals surface area contributed by atoms with Crippen LogP contribution in [-0.2, 0) is 4.74 Å². The molecule has 0 N–H and O–H groups in total. The number of amides is 1. The molecule has 0 bridgehead atoms. The molecule has 1 unspecified atom stereocenters. The third kappa shape index (κ3) is 4.73. The minimum Gasteiger partial charge on any atom is -0.444 e. The van der Waals surface area contributed by atoms with Gasteiger partial charge in [0.05, 0.1) is 0 Å². The first kappa shape index (κ1) is 15.8. The normalized spacial score (nSPS) is 14.5. The standard InChI is InChI=1S/C12H24BrNO2/c1-9(12(5,6)8-13)14(7)10(15)16-11(2,3)4/h9H,8H2,1-7H3. The molecule has 0 rings (SSSR count). The fourth-order valence-corrected chi connectivity index (χ4v) is 1.60. The second-order valence-corrected chi connectivity index (χ2v) is 6.45. The molecule has 0 heterocycles. The average molecular weight is 294 g/mol. The summed E-state index contributed by atoms with van der Waals surface area (Å²) in [7, 11) is 1.78. The van der Waals surface area contributed by atoms with Crippen molar-refractivity contribution in [2.24, 2.45) is 5.41 Å². The fourth-order valence-electron chi connectivity index (χ4n) is 1.13. The molecule has 4 heteroatoms. The highest BCUT2D eigenvalue weighted by Crippen LogP contribution is 2.27. The molecule has 0 aromatic carbocycles. The van der Waals surface area contributed by atoms with Gasteiger partial charge in [0, 0.05) is 18.4 Å². The Morgan fingerprint density at radius 3 is 2.06 bits per heavy atom. The van der Waals surface area contributed by atoms with Crippen LogP contribution in [0.15, 0.2) is 0 Å². The van der Waals surface area contributed by atoms with E-state index in [2.05, 4.69) is 29.8 Å². The molecule has 1 atom stereocenters. The molecule has 0 aliphatic carbocycles. The second-order valence-electron chi connectivity index (χ2n) is 5.89. The first-order valence-corrected chi connectivity index (χ1v) is 6.65. The molecular weight excluding hydrogens is 270 g/mol. The van der Waals surface area contributed by atoms with E-state index >= 15 is 0 Å². The Hall–Kier alpha value is -0.250. The number of alkyl halides is 1. The average Bonchev–Trinajstić information content (AvgIpc) is 2.12. The summed E-state index contributed by atoms with van der Waals surface area (Å²) >= 11 is 3.47. The van der Waals surface area contributed by atoms with Crippen LogP contribution in [-0.4, -0.2) is 35.0 Å². The Bertz CT molecular complexity index is 246. The maximum atomic E-state index is 11.9. The van der Waals surface area contributed by atoms with Gasteiger partial charge in [-0.05, 0) is 33.1 Å². The van der Waals surface area contributed by atoms with Gasteiger partial charge >= 0.3 is 6.09 Å². The smallest absolute Gasteiger partial charge is 0.410 e. The third-order valence-corrected chi connectivity index (χ3v) is 4.18. The molecule has 0 aromatic rings. The zero-order valence-electron chi connectivity index (χ0n) is 11.4. The summed E-state index contributed by atoms with van der Waals surface area (Å²) in [4.78, 5) is 13.5. The Kier molecular flexibility index (Phi) is 5.30. The first-order chi connectivity index (χ1) is 7.01. The van der Waals surface area contributed by atoms with E-state index in [1.807, 2.05) is 27.7 Å². The van der Waals surface area contributed by atoms with E-state index in [4.69, 9.17) is 4.74 Å². The number of ether oxygens (including phenoxy) is 1. The highest BCUT2D eigenvalue weighted by Gasteiger charge is 2.32. The molecule has 1 amide bonds. The summed E-state index contributed by atoms with van der Waals surface area (Å²) in [5.74, 6) is 0. The van der Waals surface area contributed by atoms with Crippen LogP contribution in [0.3, 0.4) is 0 Å². The number of halogens is 1. The fraction of sp³-hybridized carbons (Fsp3) is 0.917. The van der Waals surface area contributed by atoms with Crippen molar-refractivity contribution < 1.29 is 9.53 Å². The molecule has 0 aromatic heterocycles. The quantitative estimate of drug-likeness (QED) is 0.743. The van der Waals surface area contributed by atoms with Crippen LogP contribution >= 0.6 is 15.9 Å². The number of hydrogen-bond acceptors (Lipinski definition) is 2. The van der Waals surface area contributed by atoms with Crippen molar-refractivity contribution in [1.29, 1.82) is 0 Å². The number of carbonyl (C=O) groups excluding carboxylic acids is 1. The van der Waals surface area contributed by atoms with Gasteiger partial charge in [0.15, 0.2) is 0 Å². The predicted octanol–water partition coefficient (Wildman–Crippen LogP) is 3.66. The molecule has 0 aliphatic rings. The highest BCUT2D eigenvalue weighted by atomic mass is 79.9. The van der Waals surface area contributed by atoms with Crippen molar-refractivity contribution in [3.8, 4) is 0 Å². The summed E-state index contributed by atoms with van der Waals surface area (Å²) in [6, 6.07) is 0.113. The van der Waals surface area contributed by atoms with Crippen molar-refractivity contribution in [3.05, 3.63) is 0 Å². The van der Waals surface area contributed by atoms with Gasteiger partial charge in [-0.1, -0.05) is 29.8 Å². The molecule has 0 saturated heterocycles. The zero-order chi connectivity index (χ0) is 13.1. The van der Waals surface area contributed by atoms with Gasteiger partial charge in [-0.3, -0.25) is 0 Å². The topological polar surface area (TPSA) is 29.5 Å². The molecule has 0 radical (unpaired) electrons. The van der Waals surface area contributed by atoms with Crippen LogP contribution in [0.5, 0.6) is 0 Å². The Morgan fingerprint density at radius 1 is 1.31 bits per heavy atom. The Balaban J connectivity index is 4.56. The third-order valence-electron chi connectivity index (χ3n) is 2.74. The van der Waals surface area contributed by atoms with Crippen LogP contribution in [0, 0.1) is 5.41 Å². The van der Waals surface area contributed by atoms with E-state index in [1.165, 1.54) is 0 Å². The van der Waals surface area contributed by atoms with Crippen LogP contribution in [0.4, 0.5) is 4.79 Å². The van der Waals surface area contributed by atoms with Crippen molar-refractivity contribution in [2.45, 2.75) is 53.2 Å². The predicted molar refractivity (Wildman–Crippen MR) is 71.0 cm³/mol. The van der Waals surface area contributed by atoms with Crippen molar-refractivity contribution in [3.63, 3.8) is 0 Å². The van der Waals surface area contributed by atoms with Gasteiger partial charge in [0.25, 0.3) is 0 Å². The van der Waals surface area contributed by atoms with Crippen LogP contribution in [0.25, 0.3) is 0 Å². The van der Waals surface area contributed by atoms with Gasteiger partial charge in [0.1, 0.15) is 5.60 Å². The molecule has 3 nitrogen and oxygen atoms in total. The summed E-state index contributed by atoms with van der Waals surface area (Å²) in [5, 5.41) is 0.842. The lowest BCUT2D eigenvalue weighted by Crippen LogP contribution is -2.46. The first-order valence-electron chi connectivity index (χ1n) is 5.53. The van der Waals surface area contributed by atoms with Gasteiger partial charge < -0.3 is 9.64 Å². The zero-order valence-corrected chi connectivity index (χ0v) is 13.0. The molecule has 0 aliphatic heterocycles. The van der Waals surface area contributed by atoms with Gasteiger partial charge in [-0.2, -0.15) is 0 Å². The van der Waals surface area contributed by atoms with E-state index in [9.17, 15) is 4.79 Å². The molecule has 0 fully saturated rings. The molecule has 0 saturated carbocycles. The lowest BCUT2D eigenvalue weighted by atomic mass is 9.87. The number of carbonyl (C=O) groups is 1. The van der Waals surface area contributed by atoms with Gasteiger partial charge in [-0.15, -0.1) is 0 Å². The Morgan fingerprint density at radius 2 is 1.75 bits per heavy atom. The molecule has 0 spiro atoms. The number of rotatable bonds is 3. The highest BCUT2D eigenvalue weighted by molar-refractivity contribution is 9.09. The summed E-state index contributed by atoms with van der Waals surface area (Å²) in [6.07, 6.45) is -0.269. The number of hydrogen-bond donors (Lipinski definition) is 0. The monoisotopic (exact) mass is 293 g/mol. The largest absolute Gasteiger partial charge is 0.444 e. The van der Waals surface area contributed by atoms with E-state index < -0.39 is 5.60 Å². The maximum absolute atomic E-state index is 11.9. The van der Waals surface area contributed by atoms with Crippen LogP contribution in [0.2, 0.25) is 0 Å². The van der Waals surface area contributed by atoms with Crippen molar-refractivity contribution in [2.75, 3.05) is 12.4 Å². The molecular formula is C12H24BrNO2. The lowest BCUT2D eigenvalue weighted by Gasteiger charge is -2.37. The summed E-state index contributed by atoms with van der Waals surface area (Å²) in [6.45, 7) is 11.9. The number of nitrogens with zero attached hydrogens (tertiary/aromatic N) is 1. The molecule has 16 heavy (non-hydrogen) atoms.